The molecule has 1 atom stereocenters. The molecule has 1 aromatic carbocycles. The van der Waals surface area contributed by atoms with Crippen molar-refractivity contribution in [3.63, 3.8) is 0 Å². The molecule has 8 nitrogen and oxygen atoms in total. The van der Waals surface area contributed by atoms with Gasteiger partial charge in [0.05, 0.1) is 4.90 Å². The largest absolute Gasteiger partial charge is 0.340 e. The van der Waals surface area contributed by atoms with E-state index in [2.05, 4.69) is 20.4 Å². The summed E-state index contributed by atoms with van der Waals surface area (Å²) in [5, 5.41) is 11.6. The predicted octanol–water partition coefficient (Wildman–Crippen LogP) is 1.79. The molecule has 9 heteroatoms. The summed E-state index contributed by atoms with van der Waals surface area (Å²) in [6.45, 7) is 5.59. The van der Waals surface area contributed by atoms with Crippen LogP contribution < -0.4 is 4.90 Å². The molecular weight excluding hydrogens is 342 g/mol. The zero-order valence-corrected chi connectivity index (χ0v) is 15.4. The molecule has 1 fully saturated rings. The third kappa shape index (κ3) is 3.67. The Morgan fingerprint density at radius 1 is 1.28 bits per heavy atom. The fourth-order valence-electron chi connectivity index (χ4n) is 3.60. The fraction of sp³-hybridized carbons (Fsp3) is 0.562. The summed E-state index contributed by atoms with van der Waals surface area (Å²) in [6.07, 6.45) is 1.82. The maximum absolute atomic E-state index is 11.7. The molecule has 0 aliphatic carbocycles. The van der Waals surface area contributed by atoms with Crippen LogP contribution in [0.5, 0.6) is 0 Å². The lowest BCUT2D eigenvalue weighted by molar-refractivity contribution is 0.347. The van der Waals surface area contributed by atoms with Crippen molar-refractivity contribution in [3.8, 4) is 0 Å². The molecule has 2 heterocycles. The Morgan fingerprint density at radius 3 is 2.52 bits per heavy atom. The number of aryl methyl sites for hydroxylation is 2. The van der Waals surface area contributed by atoms with Crippen molar-refractivity contribution in [3.05, 3.63) is 29.3 Å². The van der Waals surface area contributed by atoms with Crippen LogP contribution in [0.15, 0.2) is 23.1 Å². The second kappa shape index (κ2) is 6.72. The summed E-state index contributed by atoms with van der Waals surface area (Å²) >= 11 is 0. The fourth-order valence-corrected chi connectivity index (χ4v) is 4.39. The van der Waals surface area contributed by atoms with Crippen LogP contribution in [0.3, 0.4) is 0 Å². The molecule has 136 valence electrons. The van der Waals surface area contributed by atoms with Crippen molar-refractivity contribution < 1.29 is 13.0 Å². The van der Waals surface area contributed by atoms with Gasteiger partial charge in [0.2, 0.25) is 5.95 Å². The van der Waals surface area contributed by atoms with E-state index in [1.165, 1.54) is 6.07 Å². The van der Waals surface area contributed by atoms with Crippen molar-refractivity contribution in [2.45, 2.75) is 37.5 Å². The Morgan fingerprint density at radius 2 is 1.96 bits per heavy atom. The Balaban J connectivity index is 1.78. The van der Waals surface area contributed by atoms with E-state index >= 15 is 0 Å². The van der Waals surface area contributed by atoms with Crippen molar-refractivity contribution in [2.24, 2.45) is 13.0 Å². The van der Waals surface area contributed by atoms with Crippen LogP contribution in [0, 0.1) is 12.8 Å². The van der Waals surface area contributed by atoms with Gasteiger partial charge in [0, 0.05) is 20.1 Å². The Hall–Kier alpha value is -2.00. The third-order valence-corrected chi connectivity index (χ3v) is 5.99. The first-order valence-electron chi connectivity index (χ1n) is 8.32. The number of hydrogen-bond donors (Lipinski definition) is 1. The van der Waals surface area contributed by atoms with Crippen molar-refractivity contribution in [1.82, 2.24) is 20.2 Å². The minimum atomic E-state index is -4.23. The lowest BCUT2D eigenvalue weighted by atomic mass is 9.81. The zero-order valence-electron chi connectivity index (χ0n) is 14.6. The van der Waals surface area contributed by atoms with Gasteiger partial charge in [0.1, 0.15) is 0 Å². The normalized spacial score (nSPS) is 17.7. The van der Waals surface area contributed by atoms with Crippen LogP contribution in [0.1, 0.15) is 36.8 Å². The Kier molecular flexibility index (Phi) is 4.79. The molecule has 3 rings (SSSR count). The third-order valence-electron chi connectivity index (χ3n) is 5.06. The van der Waals surface area contributed by atoms with E-state index in [4.69, 9.17) is 0 Å². The number of piperidine rings is 1. The molecule has 1 aromatic heterocycles. The van der Waals surface area contributed by atoms with Gasteiger partial charge in [-0.1, -0.05) is 29.7 Å². The van der Waals surface area contributed by atoms with E-state index in [-0.39, 0.29) is 10.8 Å². The van der Waals surface area contributed by atoms with Gasteiger partial charge in [-0.25, -0.2) is 4.68 Å². The summed E-state index contributed by atoms with van der Waals surface area (Å²) < 4.78 is 34.6. The summed E-state index contributed by atoms with van der Waals surface area (Å²) in [6, 6.07) is 5.08. The lowest BCUT2D eigenvalue weighted by Gasteiger charge is -2.35. The molecule has 0 amide bonds. The Labute approximate surface area is 147 Å². The predicted molar refractivity (Wildman–Crippen MR) is 93.1 cm³/mol. The van der Waals surface area contributed by atoms with Crippen molar-refractivity contribution in [1.29, 1.82) is 0 Å². The molecule has 2 aromatic rings. The smallest absolute Gasteiger partial charge is 0.294 e. The molecule has 1 aliphatic heterocycles. The van der Waals surface area contributed by atoms with Crippen molar-refractivity contribution >= 4 is 16.1 Å². The highest BCUT2D eigenvalue weighted by molar-refractivity contribution is 7.85. The molecule has 0 radical (unpaired) electrons. The van der Waals surface area contributed by atoms with E-state index in [1.807, 2.05) is 27.0 Å². The molecule has 1 aliphatic rings. The SMILES string of the molecule is Cc1ccc(S(=O)(=O)O)c(C(C)C2CCN(c3nnnn3C)CC2)c1. The van der Waals surface area contributed by atoms with Crippen molar-refractivity contribution in [2.75, 3.05) is 18.0 Å². The molecule has 0 bridgehead atoms. The molecule has 0 saturated carbocycles. The topological polar surface area (TPSA) is 101 Å². The highest BCUT2D eigenvalue weighted by Crippen LogP contribution is 2.36. The van der Waals surface area contributed by atoms with Gasteiger partial charge in [0.25, 0.3) is 10.1 Å². The standard InChI is InChI=1S/C16H23N5O3S/c1-11-4-5-15(25(22,23)24)14(10-11)12(2)13-6-8-21(9-7-13)16-17-18-19-20(16)3/h4-5,10,12-13H,6-9H2,1-3H3,(H,22,23,24). The van der Waals surface area contributed by atoms with Gasteiger partial charge in [-0.05, 0) is 53.7 Å². The van der Waals surface area contributed by atoms with Gasteiger partial charge in [-0.15, -0.1) is 0 Å². The lowest BCUT2D eigenvalue weighted by Crippen LogP contribution is -2.37. The van der Waals surface area contributed by atoms with Crippen LogP contribution in [-0.4, -0.2) is 46.3 Å². The maximum Gasteiger partial charge on any atom is 0.294 e. The van der Waals surface area contributed by atoms with Crippen LogP contribution in [0.4, 0.5) is 5.95 Å². The van der Waals surface area contributed by atoms with Gasteiger partial charge >= 0.3 is 0 Å². The first kappa shape index (κ1) is 17.8. The van der Waals surface area contributed by atoms with E-state index < -0.39 is 10.1 Å². The van der Waals surface area contributed by atoms with E-state index in [0.717, 1.165) is 37.4 Å². The maximum atomic E-state index is 11.7. The van der Waals surface area contributed by atoms with Crippen LogP contribution in [0.2, 0.25) is 0 Å². The molecule has 1 N–H and O–H groups in total. The zero-order chi connectivity index (χ0) is 18.2. The molecule has 25 heavy (non-hydrogen) atoms. The highest BCUT2D eigenvalue weighted by atomic mass is 32.2. The Bertz CT molecular complexity index is 856. The summed E-state index contributed by atoms with van der Waals surface area (Å²) in [5.74, 6) is 1.12. The van der Waals surface area contributed by atoms with E-state index in [1.54, 1.807) is 10.7 Å². The second-order valence-electron chi connectivity index (χ2n) is 6.73. The van der Waals surface area contributed by atoms with E-state index in [9.17, 15) is 13.0 Å². The van der Waals surface area contributed by atoms with Gasteiger partial charge < -0.3 is 4.90 Å². The van der Waals surface area contributed by atoms with E-state index in [0.29, 0.717) is 11.5 Å². The van der Waals surface area contributed by atoms with Gasteiger partial charge in [-0.3, -0.25) is 4.55 Å². The average Bonchev–Trinajstić information content (AvgIpc) is 2.99. The van der Waals surface area contributed by atoms with Gasteiger partial charge in [-0.2, -0.15) is 8.42 Å². The quantitative estimate of drug-likeness (QED) is 0.824. The number of nitrogens with zero attached hydrogens (tertiary/aromatic N) is 5. The van der Waals surface area contributed by atoms with Gasteiger partial charge in [0.15, 0.2) is 0 Å². The minimum Gasteiger partial charge on any atom is -0.340 e. The number of benzene rings is 1. The summed E-state index contributed by atoms with van der Waals surface area (Å²) in [5.41, 5.74) is 1.68. The second-order valence-corrected chi connectivity index (χ2v) is 8.12. The molecule has 0 spiro atoms. The number of hydrogen-bond acceptors (Lipinski definition) is 6. The number of tetrazole rings is 1. The van der Waals surface area contributed by atoms with Crippen LogP contribution >= 0.6 is 0 Å². The van der Waals surface area contributed by atoms with Crippen LogP contribution in [0.25, 0.3) is 0 Å². The number of rotatable bonds is 4. The molecule has 1 unspecified atom stereocenters. The highest BCUT2D eigenvalue weighted by Gasteiger charge is 2.29. The molecular formula is C16H23N5O3S. The minimum absolute atomic E-state index is 0.0190. The monoisotopic (exact) mass is 365 g/mol. The first-order chi connectivity index (χ1) is 11.8. The summed E-state index contributed by atoms with van der Waals surface area (Å²) in [4.78, 5) is 2.16. The first-order valence-corrected chi connectivity index (χ1v) is 9.76. The summed E-state index contributed by atoms with van der Waals surface area (Å²) in [7, 11) is -2.41. The number of aromatic nitrogens is 4. The number of anilines is 1. The molecule has 1 saturated heterocycles. The van der Waals surface area contributed by atoms with Crippen LogP contribution in [-0.2, 0) is 17.2 Å². The average molecular weight is 365 g/mol.